The summed E-state index contributed by atoms with van der Waals surface area (Å²) >= 11 is 0. The van der Waals surface area contributed by atoms with E-state index in [2.05, 4.69) is 14.8 Å². The number of aliphatic hydroxyl groups is 1. The van der Waals surface area contributed by atoms with Gasteiger partial charge in [-0.1, -0.05) is 6.07 Å². The Hall–Kier alpha value is -1.13. The van der Waals surface area contributed by atoms with Crippen LogP contribution in [0.5, 0.6) is 0 Å². The van der Waals surface area contributed by atoms with Crippen LogP contribution in [-0.2, 0) is 0 Å². The molecule has 1 atom stereocenters. The van der Waals surface area contributed by atoms with Gasteiger partial charge in [-0.05, 0) is 57.7 Å². The molecular weight excluding hydrogens is 262 g/mol. The van der Waals surface area contributed by atoms with Crippen LogP contribution in [0.4, 0.5) is 5.82 Å². The van der Waals surface area contributed by atoms with E-state index in [-0.39, 0.29) is 0 Å². The van der Waals surface area contributed by atoms with Crippen LogP contribution in [0.3, 0.4) is 0 Å². The van der Waals surface area contributed by atoms with Crippen molar-refractivity contribution in [1.29, 1.82) is 0 Å². The van der Waals surface area contributed by atoms with E-state index in [9.17, 15) is 5.11 Å². The summed E-state index contributed by atoms with van der Waals surface area (Å²) in [6.45, 7) is 7.82. The second-order valence-electron chi connectivity index (χ2n) is 6.53. The molecule has 0 saturated carbocycles. The summed E-state index contributed by atoms with van der Waals surface area (Å²) in [6.07, 6.45) is 6.63. The van der Waals surface area contributed by atoms with E-state index >= 15 is 0 Å². The Labute approximate surface area is 127 Å². The zero-order valence-electron chi connectivity index (χ0n) is 13.0. The van der Waals surface area contributed by atoms with Crippen LogP contribution in [0.15, 0.2) is 18.3 Å². The van der Waals surface area contributed by atoms with Crippen molar-refractivity contribution >= 4 is 5.82 Å². The molecule has 21 heavy (non-hydrogen) atoms. The fraction of sp³-hybridized carbons (Fsp3) is 0.706. The van der Waals surface area contributed by atoms with Gasteiger partial charge in [-0.3, -0.25) is 0 Å². The minimum atomic E-state index is -0.448. The molecule has 0 amide bonds. The fourth-order valence-corrected chi connectivity index (χ4v) is 3.66. The number of hydrogen-bond donors (Lipinski definition) is 1. The van der Waals surface area contributed by atoms with E-state index in [1.54, 1.807) is 0 Å². The lowest BCUT2D eigenvalue weighted by atomic mass is 9.95. The molecule has 2 aliphatic heterocycles. The van der Waals surface area contributed by atoms with Crippen molar-refractivity contribution in [2.75, 3.05) is 37.6 Å². The third-order valence-electron chi connectivity index (χ3n) is 4.90. The van der Waals surface area contributed by atoms with Gasteiger partial charge in [0.2, 0.25) is 0 Å². The predicted molar refractivity (Wildman–Crippen MR) is 85.5 cm³/mol. The zero-order valence-corrected chi connectivity index (χ0v) is 13.0. The number of anilines is 1. The average Bonchev–Trinajstić information content (AvgIpc) is 3.01. The first kappa shape index (κ1) is 14.8. The van der Waals surface area contributed by atoms with Gasteiger partial charge in [0.25, 0.3) is 0 Å². The monoisotopic (exact) mass is 289 g/mol. The first-order valence-corrected chi connectivity index (χ1v) is 8.34. The second kappa shape index (κ2) is 6.75. The van der Waals surface area contributed by atoms with Crippen molar-refractivity contribution in [3.8, 4) is 0 Å². The topological polar surface area (TPSA) is 39.6 Å². The lowest BCUT2D eigenvalue weighted by molar-refractivity contribution is 0.198. The van der Waals surface area contributed by atoms with Crippen molar-refractivity contribution < 1.29 is 5.11 Å². The summed E-state index contributed by atoms with van der Waals surface area (Å²) in [6, 6.07) is 3.90. The molecule has 0 aromatic carbocycles. The van der Waals surface area contributed by atoms with Crippen LogP contribution in [0.25, 0.3) is 0 Å². The quantitative estimate of drug-likeness (QED) is 0.924. The number of rotatable bonds is 4. The van der Waals surface area contributed by atoms with Crippen molar-refractivity contribution in [2.24, 2.45) is 5.92 Å². The molecule has 3 heterocycles. The molecule has 0 unspecified atom stereocenters. The Morgan fingerprint density at radius 2 is 1.95 bits per heavy atom. The van der Waals surface area contributed by atoms with Crippen LogP contribution in [-0.4, -0.2) is 47.7 Å². The van der Waals surface area contributed by atoms with Crippen molar-refractivity contribution in [2.45, 2.75) is 38.7 Å². The summed E-state index contributed by atoms with van der Waals surface area (Å²) in [4.78, 5) is 9.48. The molecule has 4 heteroatoms. The Balaban J connectivity index is 1.58. The van der Waals surface area contributed by atoms with Gasteiger partial charge >= 0.3 is 0 Å². The van der Waals surface area contributed by atoms with Crippen molar-refractivity contribution in [3.63, 3.8) is 0 Å². The van der Waals surface area contributed by atoms with E-state index in [0.29, 0.717) is 0 Å². The largest absolute Gasteiger partial charge is 0.389 e. The normalized spacial score (nSPS) is 22.7. The van der Waals surface area contributed by atoms with Gasteiger partial charge in [0.05, 0.1) is 6.10 Å². The molecule has 2 saturated heterocycles. The summed E-state index contributed by atoms with van der Waals surface area (Å²) < 4.78 is 0. The van der Waals surface area contributed by atoms with E-state index < -0.39 is 6.10 Å². The van der Waals surface area contributed by atoms with Crippen LogP contribution >= 0.6 is 0 Å². The molecule has 0 bridgehead atoms. The number of piperidine rings is 1. The van der Waals surface area contributed by atoms with E-state index in [4.69, 9.17) is 0 Å². The molecule has 1 aromatic rings. The molecule has 1 aromatic heterocycles. The smallest absolute Gasteiger partial charge is 0.134 e. The van der Waals surface area contributed by atoms with Gasteiger partial charge in [-0.25, -0.2) is 4.98 Å². The van der Waals surface area contributed by atoms with Crippen LogP contribution in [0, 0.1) is 5.92 Å². The molecule has 1 N–H and O–H groups in total. The highest BCUT2D eigenvalue weighted by atomic mass is 16.3. The molecule has 0 aliphatic carbocycles. The van der Waals surface area contributed by atoms with Crippen LogP contribution < -0.4 is 4.90 Å². The maximum Gasteiger partial charge on any atom is 0.134 e. The average molecular weight is 289 g/mol. The second-order valence-corrected chi connectivity index (χ2v) is 6.53. The SMILES string of the molecule is C[C@H](O)c1cccnc1N1CCC(CN2CCCC2)CC1. The number of nitrogens with zero attached hydrogens (tertiary/aromatic N) is 3. The van der Waals surface area contributed by atoms with E-state index in [1.165, 1.54) is 45.3 Å². The number of likely N-dealkylation sites (tertiary alicyclic amines) is 1. The standard InChI is InChI=1S/C17H27N3O/c1-14(21)16-5-4-8-18-17(16)20-11-6-15(7-12-20)13-19-9-2-3-10-19/h4-5,8,14-15,21H,2-3,6-7,9-13H2,1H3/t14-/m0/s1. The van der Waals surface area contributed by atoms with Gasteiger partial charge in [0, 0.05) is 31.4 Å². The minimum absolute atomic E-state index is 0.448. The van der Waals surface area contributed by atoms with E-state index in [1.807, 2.05) is 25.3 Å². The third kappa shape index (κ3) is 3.55. The molecule has 2 aliphatic rings. The van der Waals surface area contributed by atoms with Crippen LogP contribution in [0.1, 0.15) is 44.3 Å². The fourth-order valence-electron chi connectivity index (χ4n) is 3.66. The summed E-state index contributed by atoms with van der Waals surface area (Å²) in [7, 11) is 0. The van der Waals surface area contributed by atoms with Gasteiger partial charge in [0.15, 0.2) is 0 Å². The highest BCUT2D eigenvalue weighted by Crippen LogP contribution is 2.28. The maximum absolute atomic E-state index is 9.90. The Kier molecular flexibility index (Phi) is 4.76. The van der Waals surface area contributed by atoms with Gasteiger partial charge in [-0.15, -0.1) is 0 Å². The van der Waals surface area contributed by atoms with Gasteiger partial charge < -0.3 is 14.9 Å². The molecule has 3 rings (SSSR count). The lowest BCUT2D eigenvalue weighted by Crippen LogP contribution is -2.39. The highest BCUT2D eigenvalue weighted by Gasteiger charge is 2.25. The third-order valence-corrected chi connectivity index (χ3v) is 4.90. The Bertz CT molecular complexity index is 449. The molecule has 116 valence electrons. The lowest BCUT2D eigenvalue weighted by Gasteiger charge is -2.35. The molecule has 2 fully saturated rings. The first-order valence-electron chi connectivity index (χ1n) is 8.34. The Morgan fingerprint density at radius 1 is 1.24 bits per heavy atom. The Morgan fingerprint density at radius 3 is 2.62 bits per heavy atom. The predicted octanol–water partition coefficient (Wildman–Crippen LogP) is 2.45. The minimum Gasteiger partial charge on any atom is -0.389 e. The molecular formula is C17H27N3O. The number of hydrogen-bond acceptors (Lipinski definition) is 4. The number of aliphatic hydroxyl groups excluding tert-OH is 1. The maximum atomic E-state index is 9.90. The van der Waals surface area contributed by atoms with Crippen molar-refractivity contribution in [1.82, 2.24) is 9.88 Å². The first-order chi connectivity index (χ1) is 10.2. The molecule has 4 nitrogen and oxygen atoms in total. The van der Waals surface area contributed by atoms with Gasteiger partial charge in [0.1, 0.15) is 5.82 Å². The van der Waals surface area contributed by atoms with Gasteiger partial charge in [-0.2, -0.15) is 0 Å². The summed E-state index contributed by atoms with van der Waals surface area (Å²) in [5.41, 5.74) is 0.954. The molecule has 0 spiro atoms. The highest BCUT2D eigenvalue weighted by molar-refractivity contribution is 5.48. The summed E-state index contributed by atoms with van der Waals surface area (Å²) in [5.74, 6) is 1.81. The molecule has 0 radical (unpaired) electrons. The van der Waals surface area contributed by atoms with E-state index in [0.717, 1.165) is 30.4 Å². The number of pyridine rings is 1. The van der Waals surface area contributed by atoms with Crippen molar-refractivity contribution in [3.05, 3.63) is 23.9 Å². The zero-order chi connectivity index (χ0) is 14.7. The summed E-state index contributed by atoms with van der Waals surface area (Å²) in [5, 5.41) is 9.90. The van der Waals surface area contributed by atoms with Crippen LogP contribution in [0.2, 0.25) is 0 Å². The number of aromatic nitrogens is 1.